The minimum atomic E-state index is 0. The number of aromatic nitrogens is 4. The molecule has 0 spiro atoms. The van der Waals surface area contributed by atoms with Crippen molar-refractivity contribution in [2.45, 2.75) is 26.3 Å². The van der Waals surface area contributed by atoms with E-state index in [9.17, 15) is 0 Å². The van der Waals surface area contributed by atoms with E-state index in [1.807, 2.05) is 24.3 Å². The van der Waals surface area contributed by atoms with Crippen LogP contribution in [-0.2, 0) is 6.54 Å². The van der Waals surface area contributed by atoms with Gasteiger partial charge in [0.05, 0.1) is 10.2 Å². The highest BCUT2D eigenvalue weighted by Gasteiger charge is 2.20. The van der Waals surface area contributed by atoms with E-state index in [4.69, 9.17) is 10.3 Å². The summed E-state index contributed by atoms with van der Waals surface area (Å²) < 4.78 is 6.19. The zero-order chi connectivity index (χ0) is 15.7. The maximum absolute atomic E-state index is 5.60. The number of hydrogen-bond acceptors (Lipinski definition) is 5. The number of aromatic amines is 1. The third-order valence-corrected chi connectivity index (χ3v) is 4.19. The molecule has 0 saturated carbocycles. The number of hydrogen-bond donors (Lipinski definition) is 2. The van der Waals surface area contributed by atoms with Crippen LogP contribution in [0.1, 0.15) is 31.0 Å². The molecule has 1 aromatic carbocycles. The summed E-state index contributed by atoms with van der Waals surface area (Å²) in [6, 6.07) is 7.76. The van der Waals surface area contributed by atoms with Gasteiger partial charge in [-0.3, -0.25) is 5.10 Å². The van der Waals surface area contributed by atoms with Gasteiger partial charge in [0, 0.05) is 12.1 Å². The Hall–Kier alpha value is -1.70. The highest BCUT2D eigenvalue weighted by molar-refractivity contribution is 9.10. The van der Waals surface area contributed by atoms with Gasteiger partial charge in [-0.1, -0.05) is 43.3 Å². The van der Waals surface area contributed by atoms with Gasteiger partial charge in [-0.2, -0.15) is 10.1 Å². The van der Waals surface area contributed by atoms with E-state index in [0.717, 1.165) is 21.3 Å². The Morgan fingerprint density at radius 1 is 1.26 bits per heavy atom. The molecule has 0 bridgehead atoms. The molecule has 23 heavy (non-hydrogen) atoms. The van der Waals surface area contributed by atoms with Crippen LogP contribution in [-0.4, -0.2) is 20.3 Å². The van der Waals surface area contributed by atoms with E-state index < -0.39 is 0 Å². The maximum atomic E-state index is 5.60. The molecule has 0 aliphatic carbocycles. The lowest BCUT2D eigenvalue weighted by Crippen LogP contribution is -1.95. The average molecular weight is 399 g/mol. The lowest BCUT2D eigenvalue weighted by atomic mass is 10.1. The van der Waals surface area contributed by atoms with Crippen molar-refractivity contribution in [1.82, 2.24) is 20.3 Å². The first-order chi connectivity index (χ1) is 10.6. The Kier molecular flexibility index (Phi) is 5.56. The first-order valence-electron chi connectivity index (χ1n) is 6.97. The number of H-pyrrole nitrogens is 1. The van der Waals surface area contributed by atoms with Crippen molar-refractivity contribution in [3.05, 3.63) is 40.0 Å². The number of rotatable bonds is 4. The molecular formula is C15H17BrClN5O. The summed E-state index contributed by atoms with van der Waals surface area (Å²) in [6.07, 6.45) is 0. The molecule has 6 nitrogen and oxygen atoms in total. The highest BCUT2D eigenvalue weighted by Crippen LogP contribution is 2.32. The molecule has 0 aliphatic heterocycles. The summed E-state index contributed by atoms with van der Waals surface area (Å²) in [5, 5.41) is 11.3. The summed E-state index contributed by atoms with van der Waals surface area (Å²) in [7, 11) is 0. The second kappa shape index (κ2) is 7.25. The van der Waals surface area contributed by atoms with Crippen LogP contribution >= 0.6 is 28.3 Å². The van der Waals surface area contributed by atoms with Gasteiger partial charge in [-0.05, 0) is 27.4 Å². The van der Waals surface area contributed by atoms with Crippen molar-refractivity contribution in [1.29, 1.82) is 0 Å². The van der Waals surface area contributed by atoms with E-state index in [2.05, 4.69) is 50.1 Å². The van der Waals surface area contributed by atoms with Crippen molar-refractivity contribution in [2.75, 3.05) is 0 Å². The molecule has 0 amide bonds. The Morgan fingerprint density at radius 2 is 1.96 bits per heavy atom. The van der Waals surface area contributed by atoms with Crippen molar-refractivity contribution in [3.8, 4) is 23.0 Å². The lowest BCUT2D eigenvalue weighted by Gasteiger charge is -1.99. The van der Waals surface area contributed by atoms with Crippen LogP contribution in [0.2, 0.25) is 0 Å². The van der Waals surface area contributed by atoms with Gasteiger partial charge in [0.2, 0.25) is 5.82 Å². The number of halogens is 2. The normalized spacial score (nSPS) is 10.8. The number of nitrogens with zero attached hydrogens (tertiary/aromatic N) is 3. The van der Waals surface area contributed by atoms with Gasteiger partial charge in [0.25, 0.3) is 5.89 Å². The molecule has 0 radical (unpaired) electrons. The number of nitrogens with one attached hydrogen (secondary N) is 1. The van der Waals surface area contributed by atoms with Crippen LogP contribution in [0.15, 0.2) is 33.3 Å². The number of benzene rings is 1. The predicted octanol–water partition coefficient (Wildman–Crippen LogP) is 3.89. The zero-order valence-corrected chi connectivity index (χ0v) is 15.1. The van der Waals surface area contributed by atoms with Gasteiger partial charge < -0.3 is 10.3 Å². The minimum absolute atomic E-state index is 0. The van der Waals surface area contributed by atoms with Gasteiger partial charge >= 0.3 is 0 Å². The molecule has 0 aliphatic rings. The first kappa shape index (κ1) is 17.7. The molecule has 0 fully saturated rings. The second-order valence-electron chi connectivity index (χ2n) is 5.28. The van der Waals surface area contributed by atoms with Gasteiger partial charge in [0.15, 0.2) is 5.69 Å². The Labute approximate surface area is 148 Å². The summed E-state index contributed by atoms with van der Waals surface area (Å²) in [5.74, 6) is 1.23. The smallest absolute Gasteiger partial charge is 0.279 e. The third kappa shape index (κ3) is 3.46. The van der Waals surface area contributed by atoms with E-state index in [1.54, 1.807) is 0 Å². The van der Waals surface area contributed by atoms with Crippen LogP contribution in [0, 0.1) is 0 Å². The molecule has 2 heterocycles. The van der Waals surface area contributed by atoms with Gasteiger partial charge in [-0.15, -0.1) is 12.4 Å². The molecule has 0 saturated heterocycles. The van der Waals surface area contributed by atoms with Crippen LogP contribution in [0.5, 0.6) is 0 Å². The van der Waals surface area contributed by atoms with Crippen LogP contribution in [0.25, 0.3) is 23.0 Å². The van der Waals surface area contributed by atoms with E-state index in [-0.39, 0.29) is 12.4 Å². The van der Waals surface area contributed by atoms with Crippen LogP contribution < -0.4 is 5.73 Å². The summed E-state index contributed by atoms with van der Waals surface area (Å²) in [4.78, 5) is 4.42. The highest BCUT2D eigenvalue weighted by atomic mass is 79.9. The molecule has 3 rings (SSSR count). The summed E-state index contributed by atoms with van der Waals surface area (Å²) in [6.45, 7) is 4.68. The average Bonchev–Trinajstić information content (AvgIpc) is 3.13. The van der Waals surface area contributed by atoms with Crippen molar-refractivity contribution >= 4 is 28.3 Å². The van der Waals surface area contributed by atoms with Gasteiger partial charge in [-0.25, -0.2) is 0 Å². The molecule has 3 aromatic rings. The van der Waals surface area contributed by atoms with E-state index in [0.29, 0.717) is 29.9 Å². The van der Waals surface area contributed by atoms with Crippen LogP contribution in [0.3, 0.4) is 0 Å². The molecule has 8 heteroatoms. The fourth-order valence-electron chi connectivity index (χ4n) is 2.09. The first-order valence-corrected chi connectivity index (χ1v) is 7.76. The Balaban J connectivity index is 0.00000192. The topological polar surface area (TPSA) is 93.6 Å². The van der Waals surface area contributed by atoms with Crippen molar-refractivity contribution in [2.24, 2.45) is 5.73 Å². The van der Waals surface area contributed by atoms with Crippen molar-refractivity contribution in [3.63, 3.8) is 0 Å². The van der Waals surface area contributed by atoms with E-state index >= 15 is 0 Å². The Bertz CT molecular complexity index is 782. The molecule has 3 N–H and O–H groups in total. The molecule has 2 aromatic heterocycles. The van der Waals surface area contributed by atoms with Gasteiger partial charge in [0.1, 0.15) is 0 Å². The summed E-state index contributed by atoms with van der Waals surface area (Å²) >= 11 is 3.54. The fraction of sp³-hybridized carbons (Fsp3) is 0.267. The lowest BCUT2D eigenvalue weighted by molar-refractivity contribution is 0.430. The standard InChI is InChI=1S/C15H16BrN5O.ClH/c1-8(2)12-11(16)13(20-19-12)15-18-14(21-22-15)10-5-3-9(7-17)4-6-10;/h3-6,8H,7,17H2,1-2H3,(H,19,20);1H. The Morgan fingerprint density at radius 3 is 2.52 bits per heavy atom. The largest absolute Gasteiger partial charge is 0.332 e. The molecule has 0 atom stereocenters. The molecular weight excluding hydrogens is 382 g/mol. The fourth-order valence-corrected chi connectivity index (χ4v) is 2.90. The quantitative estimate of drug-likeness (QED) is 0.695. The van der Waals surface area contributed by atoms with E-state index in [1.165, 1.54) is 0 Å². The van der Waals surface area contributed by atoms with Crippen molar-refractivity contribution < 1.29 is 4.52 Å². The predicted molar refractivity (Wildman–Crippen MR) is 94.2 cm³/mol. The minimum Gasteiger partial charge on any atom is -0.332 e. The van der Waals surface area contributed by atoms with Crippen LogP contribution in [0.4, 0.5) is 0 Å². The molecule has 0 unspecified atom stereocenters. The zero-order valence-electron chi connectivity index (χ0n) is 12.7. The SMILES string of the molecule is CC(C)c1[nH]nc(-c2nc(-c3ccc(CN)cc3)no2)c1Br.Cl. The summed E-state index contributed by atoms with van der Waals surface area (Å²) in [5.41, 5.74) is 9.16. The maximum Gasteiger partial charge on any atom is 0.279 e. The molecule has 122 valence electrons. The number of nitrogens with two attached hydrogens (primary N) is 1. The third-order valence-electron chi connectivity index (χ3n) is 3.39. The monoisotopic (exact) mass is 397 g/mol. The second-order valence-corrected chi connectivity index (χ2v) is 6.07.